The van der Waals surface area contributed by atoms with E-state index in [0.29, 0.717) is 43.3 Å². The quantitative estimate of drug-likeness (QED) is 0.854. The van der Waals surface area contributed by atoms with Crippen LogP contribution in [0.4, 0.5) is 4.39 Å². The maximum atomic E-state index is 12.9. The van der Waals surface area contributed by atoms with E-state index in [4.69, 9.17) is 4.42 Å². The van der Waals surface area contributed by atoms with Crippen LogP contribution >= 0.6 is 0 Å². The van der Waals surface area contributed by atoms with Crippen LogP contribution in [-0.2, 0) is 0 Å². The number of hydrogen-bond donors (Lipinski definition) is 0. The zero-order chi connectivity index (χ0) is 16.4. The fourth-order valence-corrected chi connectivity index (χ4v) is 2.59. The third-order valence-corrected chi connectivity index (χ3v) is 3.90. The van der Waals surface area contributed by atoms with Crippen molar-refractivity contribution in [1.82, 2.24) is 9.80 Å². The average molecular weight is 316 g/mol. The average Bonchev–Trinajstić information content (AvgIpc) is 3.01. The van der Waals surface area contributed by atoms with Crippen molar-refractivity contribution in [1.29, 1.82) is 0 Å². The lowest BCUT2D eigenvalue weighted by Crippen LogP contribution is -2.50. The first-order chi connectivity index (χ1) is 11.0. The summed E-state index contributed by atoms with van der Waals surface area (Å²) in [5.41, 5.74) is 0.452. The molecule has 1 aliphatic heterocycles. The molecular formula is C17H17FN2O3. The van der Waals surface area contributed by atoms with Gasteiger partial charge < -0.3 is 14.2 Å². The molecule has 2 heterocycles. The van der Waals surface area contributed by atoms with E-state index < -0.39 is 0 Å². The highest BCUT2D eigenvalue weighted by molar-refractivity contribution is 5.95. The molecule has 0 saturated carbocycles. The molecule has 0 atom stereocenters. The molecule has 1 aromatic carbocycles. The van der Waals surface area contributed by atoms with Crippen molar-refractivity contribution in [3.05, 3.63) is 59.3 Å². The monoisotopic (exact) mass is 316 g/mol. The van der Waals surface area contributed by atoms with E-state index in [1.165, 1.54) is 24.3 Å². The second kappa shape index (κ2) is 6.24. The number of carbonyl (C=O) groups is 2. The summed E-state index contributed by atoms with van der Waals surface area (Å²) in [5.74, 6) is 0.336. The molecule has 23 heavy (non-hydrogen) atoms. The lowest BCUT2D eigenvalue weighted by atomic mass is 10.1. The van der Waals surface area contributed by atoms with E-state index in [-0.39, 0.29) is 17.6 Å². The number of piperazine rings is 1. The second-order valence-corrected chi connectivity index (χ2v) is 5.50. The summed E-state index contributed by atoms with van der Waals surface area (Å²) in [7, 11) is 0. The Hall–Kier alpha value is -2.63. The molecule has 0 bridgehead atoms. The zero-order valence-corrected chi connectivity index (χ0v) is 12.8. The van der Waals surface area contributed by atoms with Gasteiger partial charge in [0.15, 0.2) is 5.76 Å². The number of carbonyl (C=O) groups excluding carboxylic acids is 2. The number of hydrogen-bond acceptors (Lipinski definition) is 3. The minimum atomic E-state index is -0.370. The third-order valence-electron chi connectivity index (χ3n) is 3.90. The van der Waals surface area contributed by atoms with Crippen molar-refractivity contribution >= 4 is 11.8 Å². The molecule has 5 nitrogen and oxygen atoms in total. The highest BCUT2D eigenvalue weighted by Crippen LogP contribution is 2.14. The van der Waals surface area contributed by atoms with Crippen molar-refractivity contribution in [2.24, 2.45) is 0 Å². The fourth-order valence-electron chi connectivity index (χ4n) is 2.59. The molecule has 1 aliphatic rings. The number of aryl methyl sites for hydroxylation is 1. The van der Waals surface area contributed by atoms with Crippen LogP contribution in [0.15, 0.2) is 40.8 Å². The molecule has 120 valence electrons. The molecule has 0 aliphatic carbocycles. The number of amides is 2. The Balaban J connectivity index is 1.61. The van der Waals surface area contributed by atoms with Crippen LogP contribution in [0.1, 0.15) is 26.7 Å². The Kier molecular flexibility index (Phi) is 4.14. The first-order valence-electron chi connectivity index (χ1n) is 7.45. The first kappa shape index (κ1) is 15.3. The van der Waals surface area contributed by atoms with E-state index in [2.05, 4.69) is 0 Å². The molecule has 6 heteroatoms. The minimum absolute atomic E-state index is 0.147. The van der Waals surface area contributed by atoms with Gasteiger partial charge in [-0.3, -0.25) is 9.59 Å². The maximum Gasteiger partial charge on any atom is 0.289 e. The largest absolute Gasteiger partial charge is 0.456 e. The molecule has 3 rings (SSSR count). The predicted molar refractivity (Wildman–Crippen MR) is 81.7 cm³/mol. The van der Waals surface area contributed by atoms with Crippen LogP contribution in [0, 0.1) is 12.7 Å². The first-order valence-corrected chi connectivity index (χ1v) is 7.45. The minimum Gasteiger partial charge on any atom is -0.456 e. The summed E-state index contributed by atoms with van der Waals surface area (Å²) >= 11 is 0. The predicted octanol–water partition coefficient (Wildman–Crippen LogP) is 2.33. The van der Waals surface area contributed by atoms with Gasteiger partial charge in [-0.2, -0.15) is 0 Å². The molecule has 1 saturated heterocycles. The van der Waals surface area contributed by atoms with Crippen molar-refractivity contribution in [2.75, 3.05) is 26.2 Å². The van der Waals surface area contributed by atoms with Gasteiger partial charge in [0.2, 0.25) is 0 Å². The summed E-state index contributed by atoms with van der Waals surface area (Å²) in [6, 6.07) is 8.90. The SMILES string of the molecule is Cc1ccc(C(=O)N2CCN(C(=O)c3ccc(F)cc3)CC2)o1. The normalized spacial score (nSPS) is 14.9. The maximum absolute atomic E-state index is 12.9. The third kappa shape index (κ3) is 3.26. The van der Waals surface area contributed by atoms with Gasteiger partial charge in [0.05, 0.1) is 0 Å². The lowest BCUT2D eigenvalue weighted by Gasteiger charge is -2.34. The van der Waals surface area contributed by atoms with Gasteiger partial charge in [-0.05, 0) is 43.3 Å². The summed E-state index contributed by atoms with van der Waals surface area (Å²) in [5, 5.41) is 0. The molecule has 0 unspecified atom stereocenters. The van der Waals surface area contributed by atoms with Crippen LogP contribution in [0.5, 0.6) is 0 Å². The summed E-state index contributed by atoms with van der Waals surface area (Å²) in [6.45, 7) is 3.58. The summed E-state index contributed by atoms with van der Waals surface area (Å²) < 4.78 is 18.3. The highest BCUT2D eigenvalue weighted by Gasteiger charge is 2.26. The summed E-state index contributed by atoms with van der Waals surface area (Å²) in [6.07, 6.45) is 0. The van der Waals surface area contributed by atoms with E-state index in [0.717, 1.165) is 0 Å². The van der Waals surface area contributed by atoms with Crippen LogP contribution in [0.3, 0.4) is 0 Å². The van der Waals surface area contributed by atoms with E-state index in [9.17, 15) is 14.0 Å². The Bertz CT molecular complexity index is 716. The molecule has 1 fully saturated rings. The van der Waals surface area contributed by atoms with Crippen LogP contribution in [0.25, 0.3) is 0 Å². The topological polar surface area (TPSA) is 53.8 Å². The fraction of sp³-hybridized carbons (Fsp3) is 0.294. The van der Waals surface area contributed by atoms with E-state index in [1.54, 1.807) is 28.9 Å². The van der Waals surface area contributed by atoms with Gasteiger partial charge in [-0.15, -0.1) is 0 Å². The second-order valence-electron chi connectivity index (χ2n) is 5.50. The molecule has 2 amide bonds. The van der Waals surface area contributed by atoms with Gasteiger partial charge in [-0.25, -0.2) is 4.39 Å². The number of benzene rings is 1. The van der Waals surface area contributed by atoms with Crippen LogP contribution in [0.2, 0.25) is 0 Å². The molecule has 0 N–H and O–H groups in total. The molecule has 2 aromatic rings. The molecule has 0 radical (unpaired) electrons. The van der Waals surface area contributed by atoms with Gasteiger partial charge in [0.25, 0.3) is 11.8 Å². The molecular weight excluding hydrogens is 299 g/mol. The van der Waals surface area contributed by atoms with Crippen molar-refractivity contribution < 1.29 is 18.4 Å². The van der Waals surface area contributed by atoms with Gasteiger partial charge in [0.1, 0.15) is 11.6 Å². The highest BCUT2D eigenvalue weighted by atomic mass is 19.1. The van der Waals surface area contributed by atoms with Gasteiger partial charge >= 0.3 is 0 Å². The Morgan fingerprint density at radius 3 is 2.00 bits per heavy atom. The Labute approximate surface area is 133 Å². The van der Waals surface area contributed by atoms with Crippen LogP contribution in [-0.4, -0.2) is 47.8 Å². The number of furan rings is 1. The smallest absolute Gasteiger partial charge is 0.289 e. The van der Waals surface area contributed by atoms with Crippen molar-refractivity contribution in [3.63, 3.8) is 0 Å². The number of nitrogens with zero attached hydrogens (tertiary/aromatic N) is 2. The molecule has 1 aromatic heterocycles. The van der Waals surface area contributed by atoms with Crippen LogP contribution < -0.4 is 0 Å². The van der Waals surface area contributed by atoms with Gasteiger partial charge in [-0.1, -0.05) is 0 Å². The Morgan fingerprint density at radius 2 is 1.48 bits per heavy atom. The number of rotatable bonds is 2. The van der Waals surface area contributed by atoms with Crippen molar-refractivity contribution in [2.45, 2.75) is 6.92 Å². The number of halogens is 1. The van der Waals surface area contributed by atoms with E-state index in [1.807, 2.05) is 0 Å². The van der Waals surface area contributed by atoms with Crippen molar-refractivity contribution in [3.8, 4) is 0 Å². The van der Waals surface area contributed by atoms with Gasteiger partial charge in [0, 0.05) is 31.7 Å². The standard InChI is InChI=1S/C17H17FN2O3/c1-12-2-7-15(23-12)17(22)20-10-8-19(9-11-20)16(21)13-3-5-14(18)6-4-13/h2-7H,8-11H2,1H3. The zero-order valence-electron chi connectivity index (χ0n) is 12.8. The van der Waals surface area contributed by atoms with E-state index >= 15 is 0 Å². The summed E-state index contributed by atoms with van der Waals surface area (Å²) in [4.78, 5) is 28.0. The molecule has 0 spiro atoms. The lowest BCUT2D eigenvalue weighted by molar-refractivity contribution is 0.0517. The Morgan fingerprint density at radius 1 is 0.913 bits per heavy atom.